The zero-order valence-corrected chi connectivity index (χ0v) is 11.4. The molecule has 4 atom stereocenters. The Balaban J connectivity index is 1.83. The first-order valence-corrected chi connectivity index (χ1v) is 6.99. The Bertz CT molecular complexity index is 345. The van der Waals surface area contributed by atoms with Gasteiger partial charge in [0, 0.05) is 19.5 Å². The van der Waals surface area contributed by atoms with Crippen molar-refractivity contribution in [1.82, 2.24) is 4.90 Å². The summed E-state index contributed by atoms with van der Waals surface area (Å²) in [6.45, 7) is 4.90. The summed E-state index contributed by atoms with van der Waals surface area (Å²) in [6, 6.07) is 0.739. The van der Waals surface area contributed by atoms with Gasteiger partial charge in [-0.1, -0.05) is 49.5 Å². The fourth-order valence-electron chi connectivity index (χ4n) is 4.18. The molecule has 3 aliphatic rings. The lowest BCUT2D eigenvalue weighted by Crippen LogP contribution is -2.32. The second-order valence-corrected chi connectivity index (χ2v) is 7.08. The van der Waals surface area contributed by atoms with Crippen LogP contribution in [0.15, 0.2) is 0 Å². The van der Waals surface area contributed by atoms with Gasteiger partial charge in [-0.3, -0.25) is 0 Å². The summed E-state index contributed by atoms with van der Waals surface area (Å²) < 4.78 is 0. The standard InChI is InChI=1S/C13H21BNS/c1-12-6-4-5-10-9(7-11(16)15(10)3)8-13(12,2)14-12/h9-10H,4-8H2,1-3H3. The molecule has 0 bridgehead atoms. The van der Waals surface area contributed by atoms with E-state index in [1.807, 2.05) is 0 Å². The molecule has 0 aromatic carbocycles. The Labute approximate surface area is 105 Å². The highest BCUT2D eigenvalue weighted by Gasteiger charge is 2.62. The van der Waals surface area contributed by atoms with Crippen molar-refractivity contribution in [1.29, 1.82) is 0 Å². The van der Waals surface area contributed by atoms with E-state index in [0.717, 1.165) is 18.4 Å². The lowest BCUT2D eigenvalue weighted by molar-refractivity contribution is 0.237. The Hall–Kier alpha value is -0.0451. The van der Waals surface area contributed by atoms with Gasteiger partial charge < -0.3 is 4.90 Å². The molecular weight excluding hydrogens is 213 g/mol. The van der Waals surface area contributed by atoms with Crippen molar-refractivity contribution in [2.45, 2.75) is 62.6 Å². The molecule has 0 spiro atoms. The Morgan fingerprint density at radius 1 is 1.38 bits per heavy atom. The number of rotatable bonds is 0. The number of nitrogens with zero attached hydrogens (tertiary/aromatic N) is 1. The van der Waals surface area contributed by atoms with Crippen LogP contribution in [0, 0.1) is 5.92 Å². The fraction of sp³-hybridized carbons (Fsp3) is 0.923. The van der Waals surface area contributed by atoms with E-state index in [1.54, 1.807) is 0 Å². The van der Waals surface area contributed by atoms with Crippen LogP contribution >= 0.6 is 12.2 Å². The maximum atomic E-state index is 5.48. The summed E-state index contributed by atoms with van der Waals surface area (Å²) in [5.74, 6) is 0.820. The zero-order valence-electron chi connectivity index (χ0n) is 10.6. The van der Waals surface area contributed by atoms with E-state index < -0.39 is 0 Å². The lowest BCUT2D eigenvalue weighted by atomic mass is 9.77. The molecule has 3 heteroatoms. The average Bonchev–Trinajstić information content (AvgIpc) is 2.59. The van der Waals surface area contributed by atoms with Gasteiger partial charge in [-0.15, -0.1) is 0 Å². The lowest BCUT2D eigenvalue weighted by Gasteiger charge is -2.33. The number of fused-ring (bicyclic) bond motifs is 2. The van der Waals surface area contributed by atoms with Crippen LogP contribution in [0.25, 0.3) is 0 Å². The maximum Gasteiger partial charge on any atom is 0.125 e. The smallest absolute Gasteiger partial charge is 0.125 e. The summed E-state index contributed by atoms with van der Waals surface area (Å²) in [7, 11) is 4.80. The molecule has 16 heavy (non-hydrogen) atoms. The third-order valence-corrected chi connectivity index (χ3v) is 6.07. The molecule has 0 N–H and O–H groups in total. The SMILES string of the molecule is CN1C(=S)CC2CC3(C)[B]C3(C)CCCC21. The van der Waals surface area contributed by atoms with Crippen LogP contribution in [0.5, 0.6) is 0 Å². The second-order valence-electron chi connectivity index (χ2n) is 6.61. The average molecular weight is 234 g/mol. The van der Waals surface area contributed by atoms with Gasteiger partial charge in [-0.25, -0.2) is 0 Å². The summed E-state index contributed by atoms with van der Waals surface area (Å²) in [5, 5.41) is 1.05. The van der Waals surface area contributed by atoms with Crippen LogP contribution in [-0.2, 0) is 0 Å². The Morgan fingerprint density at radius 2 is 2.12 bits per heavy atom. The molecule has 2 heterocycles. The highest BCUT2D eigenvalue weighted by molar-refractivity contribution is 7.80. The molecular formula is C13H21BNS. The highest BCUT2D eigenvalue weighted by atomic mass is 32.1. The van der Waals surface area contributed by atoms with Gasteiger partial charge in [0.2, 0.25) is 0 Å². The molecule has 87 valence electrons. The second kappa shape index (κ2) is 3.25. The van der Waals surface area contributed by atoms with Gasteiger partial charge in [0.05, 0.1) is 4.99 Å². The minimum Gasteiger partial charge on any atom is -0.366 e. The minimum absolute atomic E-state index is 0.511. The first kappa shape index (κ1) is 11.1. The largest absolute Gasteiger partial charge is 0.366 e. The van der Waals surface area contributed by atoms with Gasteiger partial charge in [-0.2, -0.15) is 0 Å². The van der Waals surface area contributed by atoms with Crippen molar-refractivity contribution in [3.8, 4) is 0 Å². The molecule has 3 rings (SSSR count). The Morgan fingerprint density at radius 3 is 2.88 bits per heavy atom. The van der Waals surface area contributed by atoms with Crippen molar-refractivity contribution in [2.75, 3.05) is 7.05 Å². The molecule has 4 unspecified atom stereocenters. The van der Waals surface area contributed by atoms with Gasteiger partial charge in [0.15, 0.2) is 0 Å². The van der Waals surface area contributed by atoms with Crippen molar-refractivity contribution in [3.05, 3.63) is 0 Å². The van der Waals surface area contributed by atoms with Gasteiger partial charge in [-0.05, 0) is 18.8 Å². The van der Waals surface area contributed by atoms with Crippen molar-refractivity contribution >= 4 is 24.5 Å². The van der Waals surface area contributed by atoms with Crippen molar-refractivity contribution in [3.63, 3.8) is 0 Å². The van der Waals surface area contributed by atoms with E-state index in [4.69, 9.17) is 12.2 Å². The van der Waals surface area contributed by atoms with E-state index >= 15 is 0 Å². The van der Waals surface area contributed by atoms with Gasteiger partial charge in [0.25, 0.3) is 0 Å². The molecule has 2 saturated heterocycles. The summed E-state index contributed by atoms with van der Waals surface area (Å²) in [6.07, 6.45) is 6.62. The van der Waals surface area contributed by atoms with E-state index in [2.05, 4.69) is 33.1 Å². The summed E-state index contributed by atoms with van der Waals surface area (Å²) >= 11 is 5.48. The first-order chi connectivity index (χ1) is 7.45. The quantitative estimate of drug-likeness (QED) is 0.467. The van der Waals surface area contributed by atoms with Crippen LogP contribution < -0.4 is 0 Å². The topological polar surface area (TPSA) is 3.24 Å². The summed E-state index contributed by atoms with van der Waals surface area (Å²) in [5.41, 5.74) is 0. The third-order valence-electron chi connectivity index (χ3n) is 5.61. The first-order valence-electron chi connectivity index (χ1n) is 6.58. The zero-order chi connectivity index (χ0) is 11.6. The number of hydrogen-bond donors (Lipinski definition) is 0. The van der Waals surface area contributed by atoms with Crippen LogP contribution in [0.1, 0.15) is 46.0 Å². The van der Waals surface area contributed by atoms with Crippen molar-refractivity contribution in [2.24, 2.45) is 5.92 Å². The maximum absolute atomic E-state index is 5.48. The van der Waals surface area contributed by atoms with Gasteiger partial charge in [0.1, 0.15) is 7.28 Å². The number of thiocarbonyl (C=S) groups is 1. The van der Waals surface area contributed by atoms with Crippen LogP contribution in [-0.4, -0.2) is 30.3 Å². The molecule has 3 fully saturated rings. The molecule has 0 amide bonds. The van der Waals surface area contributed by atoms with Gasteiger partial charge >= 0.3 is 0 Å². The fourth-order valence-corrected chi connectivity index (χ4v) is 4.53. The number of likely N-dealkylation sites (tertiary alicyclic amines) is 1. The van der Waals surface area contributed by atoms with E-state index in [9.17, 15) is 0 Å². The predicted octanol–water partition coefficient (Wildman–Crippen LogP) is 3.28. The van der Waals surface area contributed by atoms with Crippen LogP contribution in [0.2, 0.25) is 10.6 Å². The monoisotopic (exact) mass is 234 g/mol. The van der Waals surface area contributed by atoms with E-state index in [0.29, 0.717) is 10.6 Å². The molecule has 1 nitrogen and oxygen atoms in total. The molecule has 1 radical (unpaired) electrons. The third kappa shape index (κ3) is 1.40. The molecule has 1 saturated carbocycles. The van der Waals surface area contributed by atoms with Crippen LogP contribution in [0.3, 0.4) is 0 Å². The Kier molecular flexibility index (Phi) is 2.25. The molecule has 0 aromatic rings. The number of hydrogen-bond acceptors (Lipinski definition) is 1. The normalized spacial score (nSPS) is 51.2. The summed E-state index contributed by atoms with van der Waals surface area (Å²) in [4.78, 5) is 3.58. The molecule has 1 aliphatic carbocycles. The molecule has 2 aliphatic heterocycles. The van der Waals surface area contributed by atoms with E-state index in [-0.39, 0.29) is 0 Å². The minimum atomic E-state index is 0.511. The van der Waals surface area contributed by atoms with E-state index in [1.165, 1.54) is 30.7 Å². The van der Waals surface area contributed by atoms with Crippen LogP contribution in [0.4, 0.5) is 0 Å². The van der Waals surface area contributed by atoms with Crippen molar-refractivity contribution < 1.29 is 0 Å². The molecule has 0 aromatic heterocycles. The predicted molar refractivity (Wildman–Crippen MR) is 73.2 cm³/mol. The highest BCUT2D eigenvalue weighted by Crippen LogP contribution is 2.74.